The first-order valence-corrected chi connectivity index (χ1v) is 7.43. The molecule has 0 fully saturated rings. The van der Waals surface area contributed by atoms with Crippen LogP contribution in [0.2, 0.25) is 0 Å². The van der Waals surface area contributed by atoms with Crippen LogP contribution in [0.3, 0.4) is 0 Å². The topological polar surface area (TPSA) is 33.7 Å². The number of nitrogens with one attached hydrogen (secondary N) is 1. The van der Waals surface area contributed by atoms with Gasteiger partial charge in [0.05, 0.1) is 6.61 Å². The summed E-state index contributed by atoms with van der Waals surface area (Å²) in [5.41, 5.74) is 1.25. The van der Waals surface area contributed by atoms with Crippen molar-refractivity contribution in [2.24, 2.45) is 0 Å². The molecule has 0 saturated carbocycles. The fourth-order valence-electron chi connectivity index (χ4n) is 2.00. The Morgan fingerprint density at radius 3 is 2.65 bits per heavy atom. The highest BCUT2D eigenvalue weighted by Gasteiger charge is 1.99. The highest BCUT2D eigenvalue weighted by Crippen LogP contribution is 2.13. The van der Waals surface area contributed by atoms with E-state index < -0.39 is 0 Å². The van der Waals surface area contributed by atoms with Crippen LogP contribution in [0, 0.1) is 0 Å². The summed E-state index contributed by atoms with van der Waals surface area (Å²) in [4.78, 5) is 2.41. The van der Waals surface area contributed by atoms with Crippen molar-refractivity contribution in [1.82, 2.24) is 10.2 Å². The summed E-state index contributed by atoms with van der Waals surface area (Å²) in [6.45, 7) is 10.8. The predicted octanol–water partition coefficient (Wildman–Crippen LogP) is 2.14. The summed E-state index contributed by atoms with van der Waals surface area (Å²) < 4.78 is 10.6. The molecule has 0 spiro atoms. The van der Waals surface area contributed by atoms with E-state index in [1.54, 1.807) is 7.11 Å². The Bertz CT molecular complexity index is 354. The van der Waals surface area contributed by atoms with Crippen LogP contribution in [0.25, 0.3) is 0 Å². The second kappa shape index (κ2) is 10.7. The van der Waals surface area contributed by atoms with Crippen LogP contribution in [0.4, 0.5) is 0 Å². The van der Waals surface area contributed by atoms with Gasteiger partial charge < -0.3 is 19.7 Å². The lowest BCUT2D eigenvalue weighted by Gasteiger charge is -2.18. The molecule has 0 aliphatic heterocycles. The van der Waals surface area contributed by atoms with Gasteiger partial charge in [0, 0.05) is 26.7 Å². The largest absolute Gasteiger partial charge is 0.491 e. The molecule has 114 valence electrons. The fraction of sp³-hybridized carbons (Fsp3) is 0.625. The number of hydrogen-bond acceptors (Lipinski definition) is 4. The summed E-state index contributed by atoms with van der Waals surface area (Å²) in [5, 5.41) is 3.47. The van der Waals surface area contributed by atoms with Gasteiger partial charge >= 0.3 is 0 Å². The van der Waals surface area contributed by atoms with E-state index in [0.717, 1.165) is 38.5 Å². The van der Waals surface area contributed by atoms with E-state index in [1.807, 2.05) is 12.1 Å². The van der Waals surface area contributed by atoms with Crippen LogP contribution in [0.1, 0.15) is 19.4 Å². The van der Waals surface area contributed by atoms with Gasteiger partial charge in [0.25, 0.3) is 0 Å². The molecule has 1 aromatic carbocycles. The fourth-order valence-corrected chi connectivity index (χ4v) is 2.00. The van der Waals surface area contributed by atoms with Crippen molar-refractivity contribution < 1.29 is 9.47 Å². The first kappa shape index (κ1) is 17.0. The molecule has 1 N–H and O–H groups in total. The normalized spacial score (nSPS) is 11.0. The molecule has 4 nitrogen and oxygen atoms in total. The van der Waals surface area contributed by atoms with Gasteiger partial charge in [0.15, 0.2) is 0 Å². The smallest absolute Gasteiger partial charge is 0.119 e. The van der Waals surface area contributed by atoms with Gasteiger partial charge in [-0.25, -0.2) is 0 Å². The van der Waals surface area contributed by atoms with Gasteiger partial charge in [0.2, 0.25) is 0 Å². The Labute approximate surface area is 123 Å². The molecule has 0 radical (unpaired) electrons. The zero-order chi connectivity index (χ0) is 14.6. The molecular formula is C16H28N2O2. The van der Waals surface area contributed by atoms with Gasteiger partial charge in [-0.3, -0.25) is 0 Å². The summed E-state index contributed by atoms with van der Waals surface area (Å²) in [5.74, 6) is 0.907. The number of hydrogen-bond donors (Lipinski definition) is 1. The average Bonchev–Trinajstić information content (AvgIpc) is 2.48. The van der Waals surface area contributed by atoms with Gasteiger partial charge in [-0.15, -0.1) is 0 Å². The van der Waals surface area contributed by atoms with Crippen LogP contribution < -0.4 is 10.1 Å². The lowest BCUT2D eigenvalue weighted by atomic mass is 10.2. The standard InChI is InChI=1S/C16H28N2O2/c1-4-18(5-2)10-9-17-14-15-7-6-8-16(13-15)20-12-11-19-3/h6-8,13,17H,4-5,9-12,14H2,1-3H3. The lowest BCUT2D eigenvalue weighted by Crippen LogP contribution is -2.31. The van der Waals surface area contributed by atoms with Crippen molar-refractivity contribution in [3.8, 4) is 5.75 Å². The Morgan fingerprint density at radius 2 is 1.95 bits per heavy atom. The molecule has 4 heteroatoms. The molecule has 0 aliphatic carbocycles. The van der Waals surface area contributed by atoms with Crippen molar-refractivity contribution in [2.75, 3.05) is 46.5 Å². The second-order valence-electron chi connectivity index (χ2n) is 4.69. The molecule has 0 heterocycles. The zero-order valence-corrected chi connectivity index (χ0v) is 13.0. The van der Waals surface area contributed by atoms with Crippen LogP contribution in [-0.4, -0.2) is 51.4 Å². The SMILES string of the molecule is CCN(CC)CCNCc1cccc(OCCOC)c1. The number of likely N-dealkylation sites (N-methyl/N-ethyl adjacent to an activating group) is 1. The number of rotatable bonds is 11. The summed E-state index contributed by atoms with van der Waals surface area (Å²) in [7, 11) is 1.68. The minimum atomic E-state index is 0.593. The van der Waals surface area contributed by atoms with E-state index >= 15 is 0 Å². The number of nitrogens with zero attached hydrogens (tertiary/aromatic N) is 1. The molecule has 0 bridgehead atoms. The molecule has 0 unspecified atom stereocenters. The average molecular weight is 280 g/mol. The zero-order valence-electron chi connectivity index (χ0n) is 13.0. The van der Waals surface area contributed by atoms with E-state index in [0.29, 0.717) is 13.2 Å². The van der Waals surface area contributed by atoms with Crippen molar-refractivity contribution in [2.45, 2.75) is 20.4 Å². The Balaban J connectivity index is 2.27. The summed E-state index contributed by atoms with van der Waals surface area (Å²) in [6.07, 6.45) is 0. The van der Waals surface area contributed by atoms with Gasteiger partial charge in [0.1, 0.15) is 12.4 Å². The third-order valence-corrected chi connectivity index (χ3v) is 3.28. The number of ether oxygens (including phenoxy) is 2. The number of methoxy groups -OCH3 is 1. The maximum Gasteiger partial charge on any atom is 0.119 e. The Hall–Kier alpha value is -1.10. The molecular weight excluding hydrogens is 252 g/mol. The third kappa shape index (κ3) is 6.89. The Morgan fingerprint density at radius 1 is 1.15 bits per heavy atom. The van der Waals surface area contributed by atoms with Crippen molar-refractivity contribution in [3.63, 3.8) is 0 Å². The first-order chi connectivity index (χ1) is 9.80. The second-order valence-corrected chi connectivity index (χ2v) is 4.69. The van der Waals surface area contributed by atoms with E-state index in [2.05, 4.69) is 36.2 Å². The predicted molar refractivity (Wildman–Crippen MR) is 83.3 cm³/mol. The summed E-state index contributed by atoms with van der Waals surface area (Å²) >= 11 is 0. The minimum Gasteiger partial charge on any atom is -0.491 e. The Kier molecular flexibility index (Phi) is 9.04. The van der Waals surface area contributed by atoms with Crippen molar-refractivity contribution in [3.05, 3.63) is 29.8 Å². The van der Waals surface area contributed by atoms with E-state index in [9.17, 15) is 0 Å². The maximum atomic E-state index is 5.61. The van der Waals surface area contributed by atoms with Crippen LogP contribution in [0.5, 0.6) is 5.75 Å². The molecule has 20 heavy (non-hydrogen) atoms. The molecule has 0 aromatic heterocycles. The molecule has 1 rings (SSSR count). The van der Waals surface area contributed by atoms with Crippen molar-refractivity contribution >= 4 is 0 Å². The van der Waals surface area contributed by atoms with Crippen LogP contribution in [-0.2, 0) is 11.3 Å². The monoisotopic (exact) mass is 280 g/mol. The molecule has 1 aromatic rings. The van der Waals surface area contributed by atoms with Gasteiger partial charge in [-0.1, -0.05) is 26.0 Å². The van der Waals surface area contributed by atoms with E-state index in [1.165, 1.54) is 5.56 Å². The maximum absolute atomic E-state index is 5.61. The van der Waals surface area contributed by atoms with E-state index in [4.69, 9.17) is 9.47 Å². The quantitative estimate of drug-likeness (QED) is 0.630. The van der Waals surface area contributed by atoms with Crippen LogP contribution in [0.15, 0.2) is 24.3 Å². The van der Waals surface area contributed by atoms with E-state index in [-0.39, 0.29) is 0 Å². The lowest BCUT2D eigenvalue weighted by molar-refractivity contribution is 0.146. The molecule has 0 atom stereocenters. The number of benzene rings is 1. The van der Waals surface area contributed by atoms with Gasteiger partial charge in [-0.05, 0) is 30.8 Å². The van der Waals surface area contributed by atoms with Crippen molar-refractivity contribution in [1.29, 1.82) is 0 Å². The van der Waals surface area contributed by atoms with Crippen LogP contribution >= 0.6 is 0 Å². The minimum absolute atomic E-state index is 0.593. The first-order valence-electron chi connectivity index (χ1n) is 7.43. The summed E-state index contributed by atoms with van der Waals surface area (Å²) in [6, 6.07) is 8.21. The molecule has 0 saturated heterocycles. The molecule has 0 amide bonds. The highest BCUT2D eigenvalue weighted by molar-refractivity contribution is 5.28. The third-order valence-electron chi connectivity index (χ3n) is 3.28. The highest BCUT2D eigenvalue weighted by atomic mass is 16.5. The van der Waals surface area contributed by atoms with Gasteiger partial charge in [-0.2, -0.15) is 0 Å². The molecule has 0 aliphatic rings.